The van der Waals surface area contributed by atoms with Crippen molar-refractivity contribution in [3.05, 3.63) is 0 Å². The highest BCUT2D eigenvalue weighted by molar-refractivity contribution is 4.79. The van der Waals surface area contributed by atoms with Crippen molar-refractivity contribution in [1.82, 2.24) is 15.1 Å². The first-order chi connectivity index (χ1) is 9.15. The molecule has 4 heteroatoms. The third-order valence-corrected chi connectivity index (χ3v) is 4.79. The van der Waals surface area contributed by atoms with Crippen LogP contribution in [0.5, 0.6) is 0 Å². The Morgan fingerprint density at radius 3 is 2.47 bits per heavy atom. The minimum absolute atomic E-state index is 0.206. The molecule has 1 aliphatic heterocycles. The molecule has 0 bridgehead atoms. The average Bonchev–Trinajstić information content (AvgIpc) is 2.40. The Hall–Kier alpha value is -0.160. The van der Waals surface area contributed by atoms with E-state index in [-0.39, 0.29) is 6.10 Å². The summed E-state index contributed by atoms with van der Waals surface area (Å²) in [5.41, 5.74) is 0. The van der Waals surface area contributed by atoms with Crippen LogP contribution in [0.4, 0.5) is 0 Å². The summed E-state index contributed by atoms with van der Waals surface area (Å²) in [5, 5.41) is 13.6. The maximum atomic E-state index is 10.3. The van der Waals surface area contributed by atoms with Gasteiger partial charge in [0.1, 0.15) is 0 Å². The molecule has 2 rings (SSSR count). The molecule has 19 heavy (non-hydrogen) atoms. The van der Waals surface area contributed by atoms with Crippen LogP contribution in [0.15, 0.2) is 0 Å². The fourth-order valence-corrected chi connectivity index (χ4v) is 3.41. The first kappa shape index (κ1) is 15.2. The van der Waals surface area contributed by atoms with Crippen LogP contribution in [-0.2, 0) is 0 Å². The van der Waals surface area contributed by atoms with Crippen molar-refractivity contribution >= 4 is 0 Å². The molecule has 2 fully saturated rings. The molecule has 0 aromatic rings. The smallest absolute Gasteiger partial charge is 0.0793 e. The molecular weight excluding hydrogens is 238 g/mol. The SMILES string of the molecule is CC1CCC(N(C)CC(O)CN2CCNCC2)CC1. The molecule has 2 aliphatic rings. The zero-order valence-electron chi connectivity index (χ0n) is 12.6. The molecule has 1 heterocycles. The van der Waals surface area contributed by atoms with E-state index in [4.69, 9.17) is 0 Å². The van der Waals surface area contributed by atoms with E-state index in [1.54, 1.807) is 0 Å². The minimum Gasteiger partial charge on any atom is -0.390 e. The van der Waals surface area contributed by atoms with E-state index in [0.717, 1.165) is 45.2 Å². The Balaban J connectivity index is 1.67. The van der Waals surface area contributed by atoms with E-state index >= 15 is 0 Å². The molecule has 1 aliphatic carbocycles. The zero-order chi connectivity index (χ0) is 13.7. The second-order valence-corrected chi connectivity index (χ2v) is 6.56. The monoisotopic (exact) mass is 269 g/mol. The lowest BCUT2D eigenvalue weighted by Crippen LogP contribution is -2.49. The Morgan fingerprint density at radius 2 is 1.84 bits per heavy atom. The fourth-order valence-electron chi connectivity index (χ4n) is 3.41. The quantitative estimate of drug-likeness (QED) is 0.773. The van der Waals surface area contributed by atoms with Gasteiger partial charge in [0.05, 0.1) is 6.10 Å². The van der Waals surface area contributed by atoms with Crippen molar-refractivity contribution in [2.24, 2.45) is 5.92 Å². The lowest BCUT2D eigenvalue weighted by atomic mass is 9.86. The third-order valence-electron chi connectivity index (χ3n) is 4.79. The van der Waals surface area contributed by atoms with Crippen molar-refractivity contribution in [2.75, 3.05) is 46.3 Å². The van der Waals surface area contributed by atoms with Crippen molar-refractivity contribution < 1.29 is 5.11 Å². The van der Waals surface area contributed by atoms with Gasteiger partial charge >= 0.3 is 0 Å². The Bertz CT molecular complexity index is 248. The van der Waals surface area contributed by atoms with Gasteiger partial charge in [-0.2, -0.15) is 0 Å². The summed E-state index contributed by atoms with van der Waals surface area (Å²) in [6.45, 7) is 8.27. The van der Waals surface area contributed by atoms with Gasteiger partial charge in [0.2, 0.25) is 0 Å². The van der Waals surface area contributed by atoms with E-state index < -0.39 is 0 Å². The molecule has 1 unspecified atom stereocenters. The first-order valence-electron chi connectivity index (χ1n) is 7.96. The number of likely N-dealkylation sites (N-methyl/N-ethyl adjacent to an activating group) is 1. The molecule has 0 radical (unpaired) electrons. The van der Waals surface area contributed by atoms with Crippen LogP contribution < -0.4 is 5.32 Å². The van der Waals surface area contributed by atoms with Crippen molar-refractivity contribution in [1.29, 1.82) is 0 Å². The molecular formula is C15H31N3O. The summed E-state index contributed by atoms with van der Waals surface area (Å²) in [4.78, 5) is 4.76. The van der Waals surface area contributed by atoms with Crippen LogP contribution >= 0.6 is 0 Å². The third kappa shape index (κ3) is 5.03. The standard InChI is InChI=1S/C15H31N3O/c1-13-3-5-14(6-4-13)17(2)11-15(19)12-18-9-7-16-8-10-18/h13-16,19H,3-12H2,1-2H3. The minimum atomic E-state index is -0.206. The number of hydrogen-bond acceptors (Lipinski definition) is 4. The van der Waals surface area contributed by atoms with E-state index in [2.05, 4.69) is 29.1 Å². The van der Waals surface area contributed by atoms with Crippen LogP contribution in [-0.4, -0.2) is 73.4 Å². The van der Waals surface area contributed by atoms with Crippen LogP contribution in [0.2, 0.25) is 0 Å². The maximum Gasteiger partial charge on any atom is 0.0793 e. The van der Waals surface area contributed by atoms with Gasteiger partial charge in [-0.25, -0.2) is 0 Å². The number of aliphatic hydroxyl groups is 1. The van der Waals surface area contributed by atoms with Gasteiger partial charge in [-0.15, -0.1) is 0 Å². The van der Waals surface area contributed by atoms with E-state index in [1.165, 1.54) is 25.7 Å². The molecule has 112 valence electrons. The summed E-state index contributed by atoms with van der Waals surface area (Å²) in [5.74, 6) is 0.899. The Morgan fingerprint density at radius 1 is 1.21 bits per heavy atom. The predicted molar refractivity (Wildman–Crippen MR) is 79.4 cm³/mol. The summed E-state index contributed by atoms with van der Waals surface area (Å²) in [7, 11) is 2.18. The number of hydrogen-bond donors (Lipinski definition) is 2. The molecule has 1 saturated carbocycles. The second kappa shape index (κ2) is 7.58. The molecule has 0 aromatic heterocycles. The lowest BCUT2D eigenvalue weighted by Gasteiger charge is -2.36. The van der Waals surface area contributed by atoms with Gasteiger partial charge < -0.3 is 15.3 Å². The zero-order valence-corrected chi connectivity index (χ0v) is 12.6. The summed E-state index contributed by atoms with van der Waals surface area (Å²) < 4.78 is 0. The van der Waals surface area contributed by atoms with Crippen LogP contribution in [0.3, 0.4) is 0 Å². The van der Waals surface area contributed by atoms with E-state index in [1.807, 2.05) is 0 Å². The van der Waals surface area contributed by atoms with Gasteiger partial charge in [-0.1, -0.05) is 6.92 Å². The van der Waals surface area contributed by atoms with E-state index in [0.29, 0.717) is 6.04 Å². The molecule has 0 amide bonds. The van der Waals surface area contributed by atoms with Crippen LogP contribution in [0.25, 0.3) is 0 Å². The highest BCUT2D eigenvalue weighted by Crippen LogP contribution is 2.26. The molecule has 4 nitrogen and oxygen atoms in total. The maximum absolute atomic E-state index is 10.3. The molecule has 2 N–H and O–H groups in total. The number of rotatable bonds is 5. The Labute approximate surface area is 118 Å². The summed E-state index contributed by atoms with van der Waals surface area (Å²) >= 11 is 0. The molecule has 0 spiro atoms. The van der Waals surface area contributed by atoms with Gasteiger partial charge in [0.15, 0.2) is 0 Å². The van der Waals surface area contributed by atoms with Crippen LogP contribution in [0.1, 0.15) is 32.6 Å². The largest absolute Gasteiger partial charge is 0.390 e. The fraction of sp³-hybridized carbons (Fsp3) is 1.00. The average molecular weight is 269 g/mol. The van der Waals surface area contributed by atoms with Gasteiger partial charge in [0, 0.05) is 45.3 Å². The molecule has 1 saturated heterocycles. The number of nitrogens with one attached hydrogen (secondary N) is 1. The Kier molecular flexibility index (Phi) is 6.07. The van der Waals surface area contributed by atoms with Gasteiger partial charge in [-0.05, 0) is 38.6 Å². The van der Waals surface area contributed by atoms with Crippen molar-refractivity contribution in [2.45, 2.75) is 44.8 Å². The second-order valence-electron chi connectivity index (χ2n) is 6.56. The molecule has 0 aromatic carbocycles. The normalized spacial score (nSPS) is 31.6. The summed E-state index contributed by atoms with van der Waals surface area (Å²) in [6.07, 6.45) is 5.10. The van der Waals surface area contributed by atoms with Gasteiger partial charge in [-0.3, -0.25) is 4.90 Å². The molecule has 1 atom stereocenters. The first-order valence-corrected chi connectivity index (χ1v) is 7.96. The number of β-amino-alcohol motifs (C(OH)–C–C–N with tert-alkyl or cyclic N) is 1. The highest BCUT2D eigenvalue weighted by Gasteiger charge is 2.23. The van der Waals surface area contributed by atoms with Crippen LogP contribution in [0, 0.1) is 5.92 Å². The number of piperazine rings is 1. The summed E-state index contributed by atoms with van der Waals surface area (Å²) in [6, 6.07) is 0.689. The van der Waals surface area contributed by atoms with Crippen molar-refractivity contribution in [3.63, 3.8) is 0 Å². The van der Waals surface area contributed by atoms with Gasteiger partial charge in [0.25, 0.3) is 0 Å². The van der Waals surface area contributed by atoms with E-state index in [9.17, 15) is 5.11 Å². The topological polar surface area (TPSA) is 38.7 Å². The van der Waals surface area contributed by atoms with Crippen molar-refractivity contribution in [3.8, 4) is 0 Å². The number of nitrogens with zero attached hydrogens (tertiary/aromatic N) is 2. The predicted octanol–water partition coefficient (Wildman–Crippen LogP) is 0.763. The highest BCUT2D eigenvalue weighted by atomic mass is 16.3. The lowest BCUT2D eigenvalue weighted by molar-refractivity contribution is 0.0549. The number of aliphatic hydroxyl groups excluding tert-OH is 1.